The number of hydrogen-bond acceptors (Lipinski definition) is 6. The first kappa shape index (κ1) is 16.6. The maximum Gasteiger partial charge on any atom is 0.306 e. The normalized spacial score (nSPS) is 19.7. The number of ether oxygens (including phenoxy) is 1. The van der Waals surface area contributed by atoms with Crippen LogP contribution >= 0.6 is 0 Å². The maximum atomic E-state index is 12.6. The lowest BCUT2D eigenvalue weighted by Crippen LogP contribution is -2.54. The number of carbonyl (C=O) groups is 5. The first-order valence-corrected chi connectivity index (χ1v) is 7.58. The predicted octanol–water partition coefficient (Wildman–Crippen LogP) is -0.0587. The highest BCUT2D eigenvalue weighted by atomic mass is 16.5. The summed E-state index contributed by atoms with van der Waals surface area (Å²) in [6.07, 6.45) is -0.0716. The molecule has 0 saturated carbocycles. The molecule has 2 N–H and O–H groups in total. The third-order valence-electron chi connectivity index (χ3n) is 4.00. The van der Waals surface area contributed by atoms with Crippen molar-refractivity contribution in [1.82, 2.24) is 10.2 Å². The number of aliphatic carboxylic acids is 1. The topological polar surface area (TPSA) is 130 Å². The number of carboxylic acid groups (broad SMARTS) is 1. The summed E-state index contributed by atoms with van der Waals surface area (Å²) in [6.45, 7) is -0.0763. The maximum absolute atomic E-state index is 12.6. The SMILES string of the molecule is O=C(O)CCOc1ccc2c(c1)C(=O)N(C1CCC(=O)NC1=O)C2=O. The van der Waals surface area contributed by atoms with Gasteiger partial charge >= 0.3 is 5.97 Å². The number of nitrogens with zero attached hydrogens (tertiary/aromatic N) is 1. The second kappa shape index (κ2) is 6.34. The van der Waals surface area contributed by atoms with E-state index in [1.807, 2.05) is 0 Å². The van der Waals surface area contributed by atoms with Crippen LogP contribution < -0.4 is 10.1 Å². The summed E-state index contributed by atoms with van der Waals surface area (Å²) in [4.78, 5) is 59.6. The van der Waals surface area contributed by atoms with Crippen molar-refractivity contribution in [1.29, 1.82) is 0 Å². The van der Waals surface area contributed by atoms with Gasteiger partial charge in [-0.1, -0.05) is 0 Å². The van der Waals surface area contributed by atoms with E-state index in [4.69, 9.17) is 9.84 Å². The van der Waals surface area contributed by atoms with Gasteiger partial charge in [0.05, 0.1) is 24.2 Å². The molecule has 0 aliphatic carbocycles. The number of amides is 4. The highest BCUT2D eigenvalue weighted by Crippen LogP contribution is 2.30. The lowest BCUT2D eigenvalue weighted by molar-refractivity contribution is -0.138. The Morgan fingerprint density at radius 3 is 2.60 bits per heavy atom. The number of fused-ring (bicyclic) bond motifs is 1. The van der Waals surface area contributed by atoms with Crippen LogP contribution in [-0.4, -0.2) is 52.3 Å². The van der Waals surface area contributed by atoms with Gasteiger partial charge in [0, 0.05) is 6.42 Å². The molecule has 2 heterocycles. The van der Waals surface area contributed by atoms with Gasteiger partial charge in [0.2, 0.25) is 11.8 Å². The van der Waals surface area contributed by atoms with Crippen LogP contribution in [0.3, 0.4) is 0 Å². The van der Waals surface area contributed by atoms with Crippen molar-refractivity contribution in [2.45, 2.75) is 25.3 Å². The van der Waals surface area contributed by atoms with E-state index in [9.17, 15) is 24.0 Å². The van der Waals surface area contributed by atoms with E-state index >= 15 is 0 Å². The zero-order valence-electron chi connectivity index (χ0n) is 13.0. The highest BCUT2D eigenvalue weighted by molar-refractivity contribution is 6.23. The van der Waals surface area contributed by atoms with Crippen molar-refractivity contribution in [3.63, 3.8) is 0 Å². The van der Waals surface area contributed by atoms with Crippen molar-refractivity contribution < 1.29 is 33.8 Å². The van der Waals surface area contributed by atoms with E-state index in [2.05, 4.69) is 5.32 Å². The van der Waals surface area contributed by atoms with Gasteiger partial charge < -0.3 is 9.84 Å². The minimum Gasteiger partial charge on any atom is -0.493 e. The largest absolute Gasteiger partial charge is 0.493 e. The van der Waals surface area contributed by atoms with Gasteiger partial charge in [0.25, 0.3) is 11.8 Å². The average Bonchev–Trinajstić information content (AvgIpc) is 2.79. The van der Waals surface area contributed by atoms with Gasteiger partial charge in [-0.05, 0) is 24.6 Å². The fourth-order valence-electron chi connectivity index (χ4n) is 2.80. The molecule has 9 nitrogen and oxygen atoms in total. The lowest BCUT2D eigenvalue weighted by atomic mass is 10.0. The molecule has 0 spiro atoms. The Kier molecular flexibility index (Phi) is 4.22. The molecule has 25 heavy (non-hydrogen) atoms. The van der Waals surface area contributed by atoms with Crippen LogP contribution in [0.15, 0.2) is 18.2 Å². The number of imide groups is 2. The smallest absolute Gasteiger partial charge is 0.306 e. The first-order valence-electron chi connectivity index (χ1n) is 7.58. The molecule has 1 aromatic carbocycles. The van der Waals surface area contributed by atoms with Crippen LogP contribution in [0.5, 0.6) is 5.75 Å². The summed E-state index contributed by atoms with van der Waals surface area (Å²) in [6, 6.07) is 3.18. The van der Waals surface area contributed by atoms with E-state index in [0.717, 1.165) is 4.90 Å². The Morgan fingerprint density at radius 1 is 1.20 bits per heavy atom. The molecule has 1 aromatic rings. The molecule has 0 radical (unpaired) electrons. The molecule has 1 atom stereocenters. The molecule has 0 bridgehead atoms. The number of hydrogen-bond donors (Lipinski definition) is 2. The Bertz CT molecular complexity index is 802. The molecule has 1 fully saturated rings. The van der Waals surface area contributed by atoms with Gasteiger partial charge in [-0.15, -0.1) is 0 Å². The van der Waals surface area contributed by atoms with Gasteiger partial charge in [0.1, 0.15) is 11.8 Å². The molecule has 4 amide bonds. The molecule has 9 heteroatoms. The van der Waals surface area contributed by atoms with Crippen LogP contribution in [-0.2, 0) is 14.4 Å². The molecular weight excluding hydrogens is 332 g/mol. The third kappa shape index (κ3) is 3.08. The molecule has 3 rings (SSSR count). The number of piperidine rings is 1. The van der Waals surface area contributed by atoms with Gasteiger partial charge in [0.15, 0.2) is 0 Å². The summed E-state index contributed by atoms with van der Waals surface area (Å²) < 4.78 is 5.25. The summed E-state index contributed by atoms with van der Waals surface area (Å²) in [5, 5.41) is 10.7. The van der Waals surface area contributed by atoms with E-state index in [0.29, 0.717) is 0 Å². The fraction of sp³-hybridized carbons (Fsp3) is 0.312. The molecule has 2 aliphatic rings. The predicted molar refractivity (Wildman–Crippen MR) is 80.9 cm³/mol. The first-order chi connectivity index (χ1) is 11.9. The monoisotopic (exact) mass is 346 g/mol. The Labute approximate surface area is 141 Å². The molecule has 0 aromatic heterocycles. The van der Waals surface area contributed by atoms with Crippen molar-refractivity contribution in [2.24, 2.45) is 0 Å². The standard InChI is InChI=1S/C16H14N2O7/c19-12-4-3-11(14(22)17-12)18-15(23)9-2-1-8(7-10(9)16(18)24)25-6-5-13(20)21/h1-2,7,11H,3-6H2,(H,20,21)(H,17,19,22). The van der Waals surface area contributed by atoms with E-state index in [1.165, 1.54) is 18.2 Å². The summed E-state index contributed by atoms with van der Waals surface area (Å²) >= 11 is 0. The average molecular weight is 346 g/mol. The van der Waals surface area contributed by atoms with Crippen LogP contribution in [0, 0.1) is 0 Å². The van der Waals surface area contributed by atoms with Crippen LogP contribution in [0.4, 0.5) is 0 Å². The van der Waals surface area contributed by atoms with E-state index in [1.54, 1.807) is 0 Å². The minimum atomic E-state index is -1.03. The van der Waals surface area contributed by atoms with Crippen LogP contribution in [0.2, 0.25) is 0 Å². The number of benzene rings is 1. The summed E-state index contributed by atoms with van der Waals surface area (Å²) in [5.74, 6) is -3.12. The Hall–Kier alpha value is -3.23. The minimum absolute atomic E-state index is 0.0490. The Morgan fingerprint density at radius 2 is 1.92 bits per heavy atom. The Balaban J connectivity index is 1.80. The number of nitrogens with one attached hydrogen (secondary N) is 1. The number of carbonyl (C=O) groups excluding carboxylic acids is 4. The molecule has 130 valence electrons. The van der Waals surface area contributed by atoms with Crippen LogP contribution in [0.25, 0.3) is 0 Å². The summed E-state index contributed by atoms with van der Waals surface area (Å²) in [7, 11) is 0. The quantitative estimate of drug-likeness (QED) is 0.714. The molecular formula is C16H14N2O7. The lowest BCUT2D eigenvalue weighted by Gasteiger charge is -2.27. The van der Waals surface area contributed by atoms with E-state index < -0.39 is 35.6 Å². The zero-order chi connectivity index (χ0) is 18.1. The fourth-order valence-corrected chi connectivity index (χ4v) is 2.80. The second-order valence-corrected chi connectivity index (χ2v) is 5.65. The molecule has 2 aliphatic heterocycles. The van der Waals surface area contributed by atoms with Gasteiger partial charge in [-0.2, -0.15) is 0 Å². The molecule has 1 saturated heterocycles. The van der Waals surface area contributed by atoms with Gasteiger partial charge in [-0.3, -0.25) is 34.2 Å². The number of rotatable bonds is 5. The highest BCUT2D eigenvalue weighted by Gasteiger charge is 2.44. The van der Waals surface area contributed by atoms with Gasteiger partial charge in [-0.25, -0.2) is 0 Å². The van der Waals surface area contributed by atoms with Crippen molar-refractivity contribution in [3.8, 4) is 5.75 Å². The van der Waals surface area contributed by atoms with Crippen molar-refractivity contribution in [3.05, 3.63) is 29.3 Å². The van der Waals surface area contributed by atoms with E-state index in [-0.39, 0.29) is 42.7 Å². The van der Waals surface area contributed by atoms with Crippen LogP contribution in [0.1, 0.15) is 40.0 Å². The summed E-state index contributed by atoms with van der Waals surface area (Å²) in [5.41, 5.74) is 0.225. The number of carboxylic acids is 1. The van der Waals surface area contributed by atoms with Crippen molar-refractivity contribution in [2.75, 3.05) is 6.61 Å². The van der Waals surface area contributed by atoms with Crippen molar-refractivity contribution >= 4 is 29.6 Å². The third-order valence-corrected chi connectivity index (χ3v) is 4.00. The zero-order valence-corrected chi connectivity index (χ0v) is 13.0. The molecule has 1 unspecified atom stereocenters. The second-order valence-electron chi connectivity index (χ2n) is 5.65.